The van der Waals surface area contributed by atoms with Crippen molar-refractivity contribution in [2.45, 2.75) is 114 Å². The van der Waals surface area contributed by atoms with Gasteiger partial charge in [-0.25, -0.2) is 9.59 Å². The third-order valence-corrected chi connectivity index (χ3v) is 15.4. The van der Waals surface area contributed by atoms with E-state index in [1.54, 1.807) is 45.9 Å². The average molecular weight is 885 g/mol. The number of aliphatic carboxylic acids is 2. The van der Waals surface area contributed by atoms with Crippen LogP contribution in [-0.4, -0.2) is 66.8 Å². The van der Waals surface area contributed by atoms with Crippen molar-refractivity contribution < 1.29 is 39.6 Å². The first-order chi connectivity index (χ1) is 29.8. The van der Waals surface area contributed by atoms with Gasteiger partial charge in [-0.3, -0.25) is 9.59 Å². The molecule has 0 aliphatic rings. The van der Waals surface area contributed by atoms with Crippen LogP contribution in [0.3, 0.4) is 0 Å². The normalized spacial score (nSPS) is 15.2. The summed E-state index contributed by atoms with van der Waals surface area (Å²) in [5.41, 5.74) is 3.74. The van der Waals surface area contributed by atoms with E-state index in [1.807, 2.05) is 64.1 Å². The molecule has 0 radical (unpaired) electrons. The Morgan fingerprint density at radius 2 is 0.855 bits per heavy atom. The lowest BCUT2D eigenvalue weighted by molar-refractivity contribution is -0.143. The molecule has 0 spiro atoms. The Labute approximate surface area is 375 Å². The summed E-state index contributed by atoms with van der Waals surface area (Å²) in [5, 5.41) is 45.5. The summed E-state index contributed by atoms with van der Waals surface area (Å²) in [4.78, 5) is 53.2. The second kappa shape index (κ2) is 25.9. The van der Waals surface area contributed by atoms with Gasteiger partial charge < -0.3 is 31.1 Å². The molecule has 0 fully saturated rings. The van der Waals surface area contributed by atoms with Crippen LogP contribution in [0.1, 0.15) is 88.5 Å². The van der Waals surface area contributed by atoms with Crippen LogP contribution >= 0.6 is 21.6 Å². The lowest BCUT2D eigenvalue weighted by Crippen LogP contribution is -2.46. The van der Waals surface area contributed by atoms with Gasteiger partial charge in [-0.2, -0.15) is 0 Å². The molecule has 6 N–H and O–H groups in total. The summed E-state index contributed by atoms with van der Waals surface area (Å²) >= 11 is 0. The molecule has 4 rings (SSSR count). The molecule has 4 aromatic carbocycles. The fourth-order valence-electron chi connectivity index (χ4n) is 7.54. The molecule has 8 atom stereocenters. The summed E-state index contributed by atoms with van der Waals surface area (Å²) in [6.07, 6.45) is 5.78. The maximum atomic E-state index is 14.2. The Morgan fingerprint density at radius 1 is 0.516 bits per heavy atom. The molecule has 0 aliphatic carbocycles. The second-order valence-corrected chi connectivity index (χ2v) is 19.4. The first kappa shape index (κ1) is 49.7. The molecule has 334 valence electrons. The van der Waals surface area contributed by atoms with Gasteiger partial charge in [0.2, 0.25) is 11.8 Å². The number of aryl methyl sites for hydroxylation is 2. The molecule has 0 bridgehead atoms. The Morgan fingerprint density at radius 3 is 1.16 bits per heavy atom. The number of carboxylic acids is 2. The monoisotopic (exact) mass is 884 g/mol. The summed E-state index contributed by atoms with van der Waals surface area (Å²) in [6, 6.07) is 30.8. The van der Waals surface area contributed by atoms with Crippen LogP contribution in [0.25, 0.3) is 0 Å². The summed E-state index contributed by atoms with van der Waals surface area (Å²) in [5.74, 6) is -3.67. The lowest BCUT2D eigenvalue weighted by atomic mass is 9.85. The highest BCUT2D eigenvalue weighted by molar-refractivity contribution is 8.77. The van der Waals surface area contributed by atoms with Crippen LogP contribution in [0, 0.1) is 23.7 Å². The van der Waals surface area contributed by atoms with E-state index in [9.17, 15) is 39.6 Å². The number of carbonyl (C=O) groups excluding carboxylic acids is 2. The molecule has 4 aromatic rings. The van der Waals surface area contributed by atoms with E-state index >= 15 is 0 Å². The largest absolute Gasteiger partial charge is 0.508 e. The van der Waals surface area contributed by atoms with E-state index in [0.29, 0.717) is 24.0 Å². The van der Waals surface area contributed by atoms with Gasteiger partial charge in [-0.05, 0) is 96.9 Å². The van der Waals surface area contributed by atoms with Crippen molar-refractivity contribution >= 4 is 45.3 Å². The van der Waals surface area contributed by atoms with E-state index in [1.165, 1.54) is 35.4 Å². The van der Waals surface area contributed by atoms with Crippen molar-refractivity contribution in [3.63, 3.8) is 0 Å². The number of phenolic OH excluding ortho intramolecular Hbond substituents is 2. The molecule has 0 aromatic heterocycles. The zero-order valence-corrected chi connectivity index (χ0v) is 38.0. The van der Waals surface area contributed by atoms with Gasteiger partial charge >= 0.3 is 11.9 Å². The molecular formula is C50H64N2O8S2. The standard InChI is InChI=1S/C50H64N2O8S2/c1-5-33(3)43(47(55)51-45(49(57)58)29-37-17-23-39(53)24-18-37)31-41(27-21-35-13-9-7-10-14-35)61-62-42(28-22-36-15-11-8-12-16-36)32-44(34(4)6-2)48(56)52-46(50(59)60)30-38-19-25-40(54)26-20-38/h7-20,23-26,33-34,41-46,53-54H,5-6,21-22,27-32H2,1-4H3,(H,51,55)(H,52,56)(H,57,58)(H,59,60)/t33?,34?,41?,42?,43?,44?,45-,46-/m0/s1. The molecule has 2 amide bonds. The number of phenols is 2. The first-order valence-corrected chi connectivity index (χ1v) is 24.1. The molecule has 10 nitrogen and oxygen atoms in total. The Balaban J connectivity index is 1.59. The topological polar surface area (TPSA) is 173 Å². The number of carboxylic acid groups (broad SMARTS) is 2. The number of aromatic hydroxyl groups is 2. The molecular weight excluding hydrogens is 821 g/mol. The van der Waals surface area contributed by atoms with Gasteiger partial charge in [0.25, 0.3) is 0 Å². The molecule has 0 saturated heterocycles. The predicted octanol–water partition coefficient (Wildman–Crippen LogP) is 9.51. The molecule has 6 unspecified atom stereocenters. The predicted molar refractivity (Wildman–Crippen MR) is 250 cm³/mol. The number of nitrogens with one attached hydrogen (secondary N) is 2. The number of rotatable bonds is 27. The number of hydrogen-bond acceptors (Lipinski definition) is 8. The number of hydrogen-bond donors (Lipinski definition) is 6. The molecule has 0 heterocycles. The minimum atomic E-state index is -1.14. The fraction of sp³-hybridized carbons (Fsp3) is 0.440. The summed E-state index contributed by atoms with van der Waals surface area (Å²) in [7, 11) is 3.46. The molecule has 12 heteroatoms. The van der Waals surface area contributed by atoms with Gasteiger partial charge in [-0.15, -0.1) is 0 Å². The van der Waals surface area contributed by atoms with E-state index in [2.05, 4.69) is 34.9 Å². The van der Waals surface area contributed by atoms with Crippen LogP contribution < -0.4 is 10.6 Å². The third kappa shape index (κ3) is 16.7. The van der Waals surface area contributed by atoms with Gasteiger partial charge in [0.1, 0.15) is 23.6 Å². The molecule has 0 aliphatic heterocycles. The maximum absolute atomic E-state index is 14.2. The second-order valence-electron chi connectivity index (χ2n) is 16.5. The van der Waals surface area contributed by atoms with Crippen LogP contribution in [-0.2, 0) is 44.9 Å². The van der Waals surface area contributed by atoms with E-state index < -0.39 is 35.9 Å². The van der Waals surface area contributed by atoms with E-state index in [-0.39, 0.29) is 58.5 Å². The minimum Gasteiger partial charge on any atom is -0.508 e. The maximum Gasteiger partial charge on any atom is 0.326 e. The smallest absolute Gasteiger partial charge is 0.326 e. The Kier molecular flexibility index (Phi) is 20.7. The van der Waals surface area contributed by atoms with Crippen LogP contribution in [0.5, 0.6) is 11.5 Å². The van der Waals surface area contributed by atoms with Crippen molar-refractivity contribution in [2.24, 2.45) is 23.7 Å². The van der Waals surface area contributed by atoms with Crippen molar-refractivity contribution in [1.82, 2.24) is 10.6 Å². The highest BCUT2D eigenvalue weighted by Crippen LogP contribution is 2.42. The number of benzene rings is 4. The zero-order chi connectivity index (χ0) is 45.0. The van der Waals surface area contributed by atoms with Crippen molar-refractivity contribution in [3.8, 4) is 11.5 Å². The Bertz CT molecular complexity index is 1820. The highest BCUT2D eigenvalue weighted by Gasteiger charge is 2.34. The van der Waals surface area contributed by atoms with Crippen LogP contribution in [0.15, 0.2) is 109 Å². The molecule has 0 saturated carbocycles. The van der Waals surface area contributed by atoms with Crippen LogP contribution in [0.2, 0.25) is 0 Å². The first-order valence-electron chi connectivity index (χ1n) is 21.8. The van der Waals surface area contributed by atoms with Crippen molar-refractivity contribution in [2.75, 3.05) is 0 Å². The van der Waals surface area contributed by atoms with Crippen molar-refractivity contribution in [1.29, 1.82) is 0 Å². The van der Waals surface area contributed by atoms with Gasteiger partial charge in [0, 0.05) is 35.2 Å². The number of amides is 2. The van der Waals surface area contributed by atoms with E-state index in [0.717, 1.165) is 38.5 Å². The van der Waals surface area contributed by atoms with Gasteiger partial charge in [0.15, 0.2) is 0 Å². The minimum absolute atomic E-state index is 0.00198. The summed E-state index contributed by atoms with van der Waals surface area (Å²) in [6.45, 7) is 8.15. The fourth-order valence-corrected chi connectivity index (χ4v) is 10.8. The van der Waals surface area contributed by atoms with Gasteiger partial charge in [0.05, 0.1) is 0 Å². The Hall–Kier alpha value is -4.94. The molecule has 62 heavy (non-hydrogen) atoms. The zero-order valence-electron chi connectivity index (χ0n) is 36.3. The third-order valence-electron chi connectivity index (χ3n) is 11.9. The van der Waals surface area contributed by atoms with E-state index in [4.69, 9.17) is 0 Å². The lowest BCUT2D eigenvalue weighted by Gasteiger charge is -2.30. The summed E-state index contributed by atoms with van der Waals surface area (Å²) < 4.78 is 0. The SMILES string of the molecule is CCC(C)C(CC(CCc1ccccc1)SSC(CCc1ccccc1)CC(C(=O)N[C@@H](Cc1ccc(O)cc1)C(=O)O)C(C)CC)C(=O)N[C@@H](Cc1ccc(O)cc1)C(=O)O. The quantitative estimate of drug-likeness (QED) is 0.0317. The number of carbonyl (C=O) groups is 4. The average Bonchev–Trinajstić information content (AvgIpc) is 3.27. The highest BCUT2D eigenvalue weighted by atomic mass is 33.1. The van der Waals surface area contributed by atoms with Crippen LogP contribution in [0.4, 0.5) is 0 Å². The van der Waals surface area contributed by atoms with Crippen molar-refractivity contribution in [3.05, 3.63) is 131 Å². The van der Waals surface area contributed by atoms with Gasteiger partial charge in [-0.1, -0.05) is 147 Å².